The molecule has 0 unspecified atom stereocenters. The number of hydrogen-bond donors (Lipinski definition) is 1. The molecule has 10 aromatic heterocycles. The van der Waals surface area contributed by atoms with Crippen molar-refractivity contribution in [3.8, 4) is 12.5 Å². The molecular weight excluding hydrogens is 1870 g/mol. The molecule has 0 aliphatic heterocycles. The molecule has 3 N–H and O–H groups in total. The monoisotopic (exact) mass is 2000 g/mol. The summed E-state index contributed by atoms with van der Waals surface area (Å²) in [6.07, 6.45) is 23.3. The lowest BCUT2D eigenvalue weighted by molar-refractivity contribution is -0.890. The van der Waals surface area contributed by atoms with Crippen LogP contribution in [0.2, 0.25) is 0 Å². The van der Waals surface area contributed by atoms with Crippen molar-refractivity contribution in [3.63, 3.8) is 0 Å². The van der Waals surface area contributed by atoms with Crippen LogP contribution in [0.25, 0.3) is 171 Å². The fourth-order valence-corrected chi connectivity index (χ4v) is 18.3. The number of benzene rings is 10. The van der Waals surface area contributed by atoms with Gasteiger partial charge in [-0.3, -0.25) is 0 Å². The fourth-order valence-electron chi connectivity index (χ4n) is 18.3. The predicted octanol–water partition coefficient (Wildman–Crippen LogP) is 21.2. The number of terminal acetylenes is 1. The summed E-state index contributed by atoms with van der Waals surface area (Å²) in [7, 11) is 8.45. The first kappa shape index (κ1) is 105. The van der Waals surface area contributed by atoms with E-state index in [1.54, 1.807) is 47.1 Å². The Labute approximate surface area is 863 Å². The van der Waals surface area contributed by atoms with Crippen LogP contribution in [0.4, 0.5) is 28.4 Å². The molecule has 20 aromatic rings. The smallest absolute Gasteiger partial charge is 0.389 e. The Hall–Kier alpha value is -17.2. The number of quaternary nitrogens is 2. The van der Waals surface area contributed by atoms with Crippen molar-refractivity contribution in [2.45, 2.75) is 95.8 Å². The molecule has 0 radical (unpaired) electrons. The highest BCUT2D eigenvalue weighted by Gasteiger charge is 2.28. The first-order valence-electron chi connectivity index (χ1n) is 51.0. The van der Waals surface area contributed by atoms with Crippen LogP contribution >= 0.6 is 0 Å². The Kier molecular flexibility index (Phi) is 33.5. The number of nitrogens with zero attached hydrogens (tertiary/aromatic N) is 11. The third-order valence-corrected chi connectivity index (χ3v) is 26.4. The molecule has 0 saturated carbocycles. The van der Waals surface area contributed by atoms with Crippen LogP contribution < -0.4 is 81.2 Å². The summed E-state index contributed by atoms with van der Waals surface area (Å²) in [5.41, 5.74) is 21.5. The van der Waals surface area contributed by atoms with Gasteiger partial charge in [-0.1, -0.05) is 65.2 Å². The van der Waals surface area contributed by atoms with Crippen LogP contribution in [0, 0.1) is 12.5 Å². The third-order valence-electron chi connectivity index (χ3n) is 26.4. The van der Waals surface area contributed by atoms with Gasteiger partial charge in [0, 0.05) is 181 Å². The van der Waals surface area contributed by atoms with Gasteiger partial charge in [0.05, 0.1) is 79.3 Å². The van der Waals surface area contributed by atoms with Crippen molar-refractivity contribution in [3.05, 3.63) is 352 Å². The van der Waals surface area contributed by atoms with Crippen LogP contribution in [0.3, 0.4) is 0 Å². The van der Waals surface area contributed by atoms with Gasteiger partial charge < -0.3 is 78.9 Å². The van der Waals surface area contributed by atoms with Gasteiger partial charge in [0.15, 0.2) is 0 Å². The second kappa shape index (κ2) is 47.7. The van der Waals surface area contributed by atoms with E-state index in [2.05, 4.69) is 178 Å². The summed E-state index contributed by atoms with van der Waals surface area (Å²) in [5.74, 6) is 3.21. The molecular formula is C122H129N12O15+7. The number of oxazole rings is 5. The normalized spacial score (nSPS) is 11.8. The molecule has 0 fully saturated rings. The zero-order chi connectivity index (χ0) is 105. The number of aromatic nitrogens is 5. The second-order valence-corrected chi connectivity index (χ2v) is 36.6. The maximum atomic E-state index is 12.7. The summed E-state index contributed by atoms with van der Waals surface area (Å²) in [4.78, 5) is 73.9. The minimum absolute atomic E-state index is 0.357. The van der Waals surface area contributed by atoms with E-state index in [1.165, 1.54) is 0 Å². The minimum atomic E-state index is -0.409. The molecule has 27 heteroatoms. The van der Waals surface area contributed by atoms with E-state index in [-0.39, 0.29) is 22.5 Å². The van der Waals surface area contributed by atoms with Gasteiger partial charge in [-0.05, 0) is 234 Å². The maximum absolute atomic E-state index is 12.7. The fraction of sp³-hybridized carbons (Fsp3) is 0.246. The van der Waals surface area contributed by atoms with Gasteiger partial charge in [0.1, 0.15) is 54.6 Å². The Morgan fingerprint density at radius 2 is 0.523 bits per heavy atom. The van der Waals surface area contributed by atoms with Crippen LogP contribution in [-0.2, 0) is 26.7 Å². The Morgan fingerprint density at radius 3 is 0.805 bits per heavy atom. The highest BCUT2D eigenvalue weighted by Crippen LogP contribution is 2.31. The molecule has 10 aromatic carbocycles. The SMILES string of the molecule is C#C[n+]1c(/C=C/c2cc3ccc(N(CC)CC)cc3oc2=O)oc2ccccc21.CCN(CC)c1ccc2cc(/C=C/c3oc4ccccc4[n+]3C)c(=O)oc2c1.CCN(CC)c1ccc2cc(/C=C/c3oc4ccccc4[n+]3CC)c(=O)oc2c1.CCN(CC)c1ccc2cc(/C=C/c3oc4ccccc4[n+]3CC[N+](C)(C)C)c(=O)oc2c1.CCN(CC)c1ccc2cc(/C=C/c3oc4ccccc4[n+]3CC[NH3+])c(=O)oc2c1. The van der Waals surface area contributed by atoms with Crippen LogP contribution in [0.15, 0.2) is 311 Å². The van der Waals surface area contributed by atoms with Crippen molar-refractivity contribution in [2.24, 2.45) is 7.05 Å². The number of para-hydroxylation sites is 10. The number of hydrogen-bond acceptors (Lipinski definition) is 20. The standard InChI is InChI=1S/C27H33N3O3.C24H26N3O3.C24H25N2O3.C24H21N2O3.C23H23N2O3/c1-6-28(7-2)22-14-12-20-18-21(27(31)33-25(20)19-22)13-15-26-29(16-17-30(3,4)5)23-10-8-9-11-24(23)32-26;1-3-26(4-2)19-11-9-17-15-18(24(28)30-22(17)16-19)10-12-23-27(14-13-25)20-7-5-6-8-21(20)29-23;2*1-4-25(5-2)19-13-11-17-15-18(24(27)29-22(17)16-19)12-14-23-26(6-3)20-9-7-8-10-21(20)28-23;1-4-25(5-2)18-12-10-16-14-17(23(26)28-21(16)15-18)11-13-22-24(3)19-8-6-7-9-20(19)27-22/h8-15,18-19H,6-7,16-17H2,1-5H3;5-12,15-16H,3-4,13-14,25H2,1-2H3;7-16H,4-6H2,1-3H3;3,7-16H,4-5H2,1-2H3;6-15H,4-5H2,1-3H3/q+2;4*+1/p+1. The molecule has 0 amide bonds. The topological polar surface area (TPSA) is 280 Å². The minimum Gasteiger partial charge on any atom is -0.422 e. The first-order chi connectivity index (χ1) is 72.3. The van der Waals surface area contributed by atoms with Crippen LogP contribution in [0.1, 0.15) is 133 Å². The van der Waals surface area contributed by atoms with E-state index in [0.717, 1.165) is 208 Å². The van der Waals surface area contributed by atoms with Crippen molar-refractivity contribution >= 4 is 200 Å². The van der Waals surface area contributed by atoms with E-state index >= 15 is 0 Å². The van der Waals surface area contributed by atoms with Gasteiger partial charge in [0.25, 0.3) is 27.6 Å². The molecule has 0 aliphatic rings. The van der Waals surface area contributed by atoms with E-state index in [9.17, 15) is 24.0 Å². The molecule has 20 rings (SSSR count). The van der Waals surface area contributed by atoms with Crippen molar-refractivity contribution in [1.82, 2.24) is 0 Å². The molecule has 0 aliphatic carbocycles. The van der Waals surface area contributed by atoms with E-state index in [1.807, 2.05) is 242 Å². The Bertz CT molecular complexity index is 8760. The average Bonchev–Trinajstić information content (AvgIpc) is 1.68. The van der Waals surface area contributed by atoms with E-state index < -0.39 is 5.63 Å². The molecule has 760 valence electrons. The Morgan fingerprint density at radius 1 is 0.282 bits per heavy atom. The largest absolute Gasteiger partial charge is 0.422 e. The molecule has 0 bridgehead atoms. The number of likely N-dealkylation sites (N-methyl/N-ethyl adjacent to an activating group) is 1. The molecule has 0 atom stereocenters. The van der Waals surface area contributed by atoms with Gasteiger partial charge >= 0.3 is 57.6 Å². The van der Waals surface area contributed by atoms with E-state index in [4.69, 9.17) is 50.6 Å². The zero-order valence-electron chi connectivity index (χ0n) is 87.3. The molecule has 27 nitrogen and oxygen atoms in total. The highest BCUT2D eigenvalue weighted by molar-refractivity contribution is 5.89. The van der Waals surface area contributed by atoms with Crippen molar-refractivity contribution in [1.29, 1.82) is 0 Å². The van der Waals surface area contributed by atoms with E-state index in [0.29, 0.717) is 90.8 Å². The molecule has 10 heterocycles. The second-order valence-electron chi connectivity index (χ2n) is 36.6. The number of fused-ring (bicyclic) bond motifs is 10. The number of rotatable bonds is 31. The average molecular weight is 2000 g/mol. The first-order valence-corrected chi connectivity index (χ1v) is 51.0. The quantitative estimate of drug-likeness (QED) is 0.0183. The summed E-state index contributed by atoms with van der Waals surface area (Å²) < 4.78 is 68.4. The number of anilines is 5. The van der Waals surface area contributed by atoms with Gasteiger partial charge in [-0.25, -0.2) is 24.0 Å². The molecule has 0 spiro atoms. The van der Waals surface area contributed by atoms with Crippen molar-refractivity contribution in [2.75, 3.05) is 124 Å². The predicted molar refractivity (Wildman–Crippen MR) is 598 cm³/mol. The summed E-state index contributed by atoms with van der Waals surface area (Å²) in [6, 6.07) is 80.8. The van der Waals surface area contributed by atoms with Gasteiger partial charge in [0.2, 0.25) is 47.0 Å². The lowest BCUT2D eigenvalue weighted by atomic mass is 10.1. The van der Waals surface area contributed by atoms with Crippen LogP contribution in [-0.4, -0.2) is 104 Å². The van der Waals surface area contributed by atoms with Crippen molar-refractivity contribution < 1.29 is 77.2 Å². The summed E-state index contributed by atoms with van der Waals surface area (Å²) in [5, 5.41) is 4.43. The van der Waals surface area contributed by atoms with Gasteiger partial charge in [-0.2, -0.15) is 18.3 Å². The molecule has 149 heavy (non-hydrogen) atoms. The zero-order valence-corrected chi connectivity index (χ0v) is 87.3. The lowest BCUT2D eigenvalue weighted by Crippen LogP contribution is -2.57. The van der Waals surface area contributed by atoms with Gasteiger partial charge in [-0.15, -0.1) is 0 Å². The highest BCUT2D eigenvalue weighted by atomic mass is 16.4. The Balaban J connectivity index is 0.000000133. The lowest BCUT2D eigenvalue weighted by Gasteiger charge is -2.21. The number of aryl methyl sites for hydroxylation is 2. The third kappa shape index (κ3) is 24.0. The summed E-state index contributed by atoms with van der Waals surface area (Å²) >= 11 is 0. The maximum Gasteiger partial charge on any atom is 0.389 e. The van der Waals surface area contributed by atoms with Crippen LogP contribution in [0.5, 0.6) is 0 Å². The molecule has 0 saturated heterocycles. The summed E-state index contributed by atoms with van der Waals surface area (Å²) in [6.45, 7) is 36.1.